The average molecular weight is 503 g/mol. The number of nitrogens with zero attached hydrogens (tertiary/aromatic N) is 2. The lowest BCUT2D eigenvalue weighted by molar-refractivity contribution is 0.000208. The lowest BCUT2D eigenvalue weighted by Gasteiger charge is -2.28. The highest BCUT2D eigenvalue weighted by Crippen LogP contribution is 2.46. The van der Waals surface area contributed by atoms with Crippen molar-refractivity contribution >= 4 is 25.0 Å². The molecule has 9 heteroatoms. The van der Waals surface area contributed by atoms with Crippen LogP contribution in [-0.4, -0.2) is 36.5 Å². The standard InChI is InChI=1S/C25H30N2O5S2/c1-4-25(2,3)21-15-19-18-13-9-8-10-16(18)14-20(19)22(23(21)34(30,31)32)24(27-26)33(28,29)17-11-6-5-7-12-17/h8-10,13,15,17H,4-7,11-12,14H2,1-3H3,(H,30,31,32). The zero-order valence-corrected chi connectivity index (χ0v) is 21.3. The van der Waals surface area contributed by atoms with Crippen molar-refractivity contribution in [3.8, 4) is 11.1 Å². The Kier molecular flexibility index (Phi) is 6.36. The molecule has 0 radical (unpaired) electrons. The van der Waals surface area contributed by atoms with E-state index in [1.54, 1.807) is 6.07 Å². The number of rotatable bonds is 5. The van der Waals surface area contributed by atoms with Gasteiger partial charge in [0.2, 0.25) is 0 Å². The molecule has 182 valence electrons. The molecule has 0 atom stereocenters. The lowest BCUT2D eigenvalue weighted by atomic mass is 9.79. The zero-order valence-electron chi connectivity index (χ0n) is 19.7. The minimum atomic E-state index is -4.87. The molecule has 1 N–H and O–H groups in total. The van der Waals surface area contributed by atoms with E-state index in [2.05, 4.69) is 4.79 Å². The maximum Gasteiger partial charge on any atom is 0.414 e. The number of benzene rings is 2. The van der Waals surface area contributed by atoms with Crippen LogP contribution in [0.3, 0.4) is 0 Å². The van der Waals surface area contributed by atoms with E-state index in [0.29, 0.717) is 36.0 Å². The van der Waals surface area contributed by atoms with Crippen molar-refractivity contribution in [2.45, 2.75) is 81.3 Å². The molecule has 2 aromatic carbocycles. The van der Waals surface area contributed by atoms with Crippen LogP contribution in [0.4, 0.5) is 0 Å². The molecule has 0 unspecified atom stereocenters. The fourth-order valence-corrected chi connectivity index (χ4v) is 8.27. The molecule has 0 aliphatic heterocycles. The molecule has 0 bridgehead atoms. The second-order valence-corrected chi connectivity index (χ2v) is 13.4. The maximum absolute atomic E-state index is 13.7. The Hall–Kier alpha value is -2.32. The van der Waals surface area contributed by atoms with E-state index in [0.717, 1.165) is 30.4 Å². The van der Waals surface area contributed by atoms with Gasteiger partial charge in [-0.15, -0.1) is 0 Å². The summed E-state index contributed by atoms with van der Waals surface area (Å²) in [7, 11) is -9.03. The summed E-state index contributed by atoms with van der Waals surface area (Å²) >= 11 is 0. The third-order valence-corrected chi connectivity index (χ3v) is 10.6. The molecule has 2 aliphatic carbocycles. The first-order chi connectivity index (χ1) is 15.9. The first kappa shape index (κ1) is 24.8. The van der Waals surface area contributed by atoms with Gasteiger partial charge in [0.1, 0.15) is 10.5 Å². The van der Waals surface area contributed by atoms with E-state index in [-0.39, 0.29) is 12.0 Å². The van der Waals surface area contributed by atoms with Crippen molar-refractivity contribution in [1.29, 1.82) is 0 Å². The first-order valence-corrected chi connectivity index (χ1v) is 14.6. The van der Waals surface area contributed by atoms with Crippen LogP contribution in [0.5, 0.6) is 0 Å². The van der Waals surface area contributed by atoms with E-state index in [9.17, 15) is 26.9 Å². The zero-order chi connectivity index (χ0) is 24.9. The normalized spacial score (nSPS) is 16.6. The van der Waals surface area contributed by atoms with Gasteiger partial charge in [-0.05, 0) is 65.0 Å². The van der Waals surface area contributed by atoms with Crippen LogP contribution in [0.25, 0.3) is 16.7 Å². The predicted octanol–water partition coefficient (Wildman–Crippen LogP) is 4.92. The fraction of sp³-hybridized carbons (Fsp3) is 0.480. The Morgan fingerprint density at radius 2 is 1.74 bits per heavy atom. The highest BCUT2D eigenvalue weighted by Gasteiger charge is 2.46. The van der Waals surface area contributed by atoms with Crippen LogP contribution >= 0.6 is 0 Å². The monoisotopic (exact) mass is 502 g/mol. The van der Waals surface area contributed by atoms with Crippen molar-refractivity contribution in [2.75, 3.05) is 0 Å². The molecule has 34 heavy (non-hydrogen) atoms. The molecule has 7 nitrogen and oxygen atoms in total. The van der Waals surface area contributed by atoms with E-state index >= 15 is 0 Å². The van der Waals surface area contributed by atoms with Gasteiger partial charge < -0.3 is 5.53 Å². The minimum Gasteiger partial charge on any atom is -0.360 e. The molecular formula is C25H30N2O5S2. The molecule has 1 saturated carbocycles. The summed E-state index contributed by atoms with van der Waals surface area (Å²) in [6, 6.07) is 9.30. The molecule has 0 heterocycles. The highest BCUT2D eigenvalue weighted by molar-refractivity contribution is 8.07. The molecule has 2 aliphatic rings. The Bertz CT molecular complexity index is 1410. The summed E-state index contributed by atoms with van der Waals surface area (Å²) in [5, 5.41) is -1.42. The van der Waals surface area contributed by atoms with Gasteiger partial charge in [0.15, 0.2) is 0 Å². The summed E-state index contributed by atoms with van der Waals surface area (Å²) in [5.74, 6) is 0. The van der Waals surface area contributed by atoms with Crippen LogP contribution in [0, 0.1) is 0 Å². The summed E-state index contributed by atoms with van der Waals surface area (Å²) in [4.78, 5) is 2.75. The van der Waals surface area contributed by atoms with Crippen LogP contribution < -0.4 is 0 Å². The molecule has 1 fully saturated rings. The van der Waals surface area contributed by atoms with Crippen molar-refractivity contribution in [1.82, 2.24) is 0 Å². The fourth-order valence-electron chi connectivity index (χ4n) is 5.22. The van der Waals surface area contributed by atoms with Crippen LogP contribution in [0.2, 0.25) is 0 Å². The molecule has 0 spiro atoms. The summed E-state index contributed by atoms with van der Waals surface area (Å²) < 4.78 is 63.6. The second-order valence-electron chi connectivity index (χ2n) is 9.91. The minimum absolute atomic E-state index is 0.194. The molecular weight excluding hydrogens is 472 g/mol. The van der Waals surface area contributed by atoms with Crippen LogP contribution in [-0.2, 0) is 31.8 Å². The smallest absolute Gasteiger partial charge is 0.360 e. The maximum atomic E-state index is 13.7. The van der Waals surface area contributed by atoms with Gasteiger partial charge in [0, 0.05) is 0 Å². The molecule has 0 saturated heterocycles. The predicted molar refractivity (Wildman–Crippen MR) is 131 cm³/mol. The Balaban J connectivity index is 2.13. The van der Waals surface area contributed by atoms with E-state index in [1.807, 2.05) is 45.0 Å². The largest absolute Gasteiger partial charge is 0.414 e. The number of sulfone groups is 1. The van der Waals surface area contributed by atoms with Gasteiger partial charge in [-0.25, -0.2) is 8.42 Å². The third-order valence-electron chi connectivity index (χ3n) is 7.50. The van der Waals surface area contributed by atoms with Gasteiger partial charge in [0.25, 0.3) is 20.0 Å². The number of hydrogen-bond donors (Lipinski definition) is 1. The van der Waals surface area contributed by atoms with E-state index in [1.165, 1.54) is 0 Å². The topological polar surface area (TPSA) is 125 Å². The van der Waals surface area contributed by atoms with Crippen molar-refractivity contribution in [3.63, 3.8) is 0 Å². The van der Waals surface area contributed by atoms with Crippen LogP contribution in [0.15, 0.2) is 35.2 Å². The number of fused-ring (bicyclic) bond motifs is 3. The molecule has 0 amide bonds. The summed E-state index contributed by atoms with van der Waals surface area (Å²) in [6.07, 6.45) is 4.06. The van der Waals surface area contributed by atoms with Crippen molar-refractivity contribution in [3.05, 3.63) is 58.1 Å². The van der Waals surface area contributed by atoms with Gasteiger partial charge in [0.05, 0.1) is 5.25 Å². The Morgan fingerprint density at radius 3 is 2.32 bits per heavy atom. The Labute approximate surface area is 201 Å². The highest BCUT2D eigenvalue weighted by atomic mass is 32.2. The molecule has 2 aromatic rings. The van der Waals surface area contributed by atoms with Gasteiger partial charge >= 0.3 is 5.04 Å². The molecule has 4 rings (SSSR count). The van der Waals surface area contributed by atoms with Crippen molar-refractivity contribution in [2.24, 2.45) is 0 Å². The van der Waals surface area contributed by atoms with Gasteiger partial charge in [-0.1, -0.05) is 64.3 Å². The SMILES string of the molecule is CCC(C)(C)c1cc2c(c(C(=[N+]=[N-])S(=O)(=O)C3CCCCC3)c1S(=O)(=O)O)Cc1ccccc1-2. The summed E-state index contributed by atoms with van der Waals surface area (Å²) in [5.41, 5.74) is 12.4. The third kappa shape index (κ3) is 4.05. The Morgan fingerprint density at radius 1 is 1.09 bits per heavy atom. The molecule has 0 aromatic heterocycles. The van der Waals surface area contributed by atoms with E-state index < -0.39 is 40.6 Å². The first-order valence-electron chi connectivity index (χ1n) is 11.7. The van der Waals surface area contributed by atoms with Crippen LogP contribution in [0.1, 0.15) is 81.5 Å². The van der Waals surface area contributed by atoms with E-state index in [4.69, 9.17) is 0 Å². The number of hydrogen-bond acceptors (Lipinski definition) is 4. The second kappa shape index (κ2) is 8.72. The quantitative estimate of drug-likeness (QED) is 0.174. The van der Waals surface area contributed by atoms with Crippen molar-refractivity contribution < 1.29 is 26.2 Å². The average Bonchev–Trinajstić information content (AvgIpc) is 3.17. The van der Waals surface area contributed by atoms with Gasteiger partial charge in [-0.3, -0.25) is 4.55 Å². The van der Waals surface area contributed by atoms with Gasteiger partial charge in [-0.2, -0.15) is 13.2 Å². The summed E-state index contributed by atoms with van der Waals surface area (Å²) in [6.45, 7) is 5.59. The lowest BCUT2D eigenvalue weighted by Crippen LogP contribution is -2.34.